The largest absolute Gasteiger partial charge is 0.494 e. The first-order valence-electron chi connectivity index (χ1n) is 6.78. The lowest BCUT2D eigenvalue weighted by Crippen LogP contribution is -2.13. The third kappa shape index (κ3) is 3.23. The molecular formula is C15H21ClN2OS. The van der Waals surface area contributed by atoms with Crippen LogP contribution in [-0.4, -0.2) is 34.5 Å². The molecule has 2 aromatic rings. The average Bonchev–Trinajstić information content (AvgIpc) is 2.77. The van der Waals surface area contributed by atoms with Crippen molar-refractivity contribution < 1.29 is 4.74 Å². The zero-order valence-electron chi connectivity index (χ0n) is 12.2. The highest BCUT2D eigenvalue weighted by Gasteiger charge is 2.15. The molecule has 1 unspecified atom stereocenters. The molecule has 0 aliphatic rings. The predicted molar refractivity (Wildman–Crippen MR) is 88.3 cm³/mol. The van der Waals surface area contributed by atoms with E-state index >= 15 is 0 Å². The van der Waals surface area contributed by atoms with Crippen LogP contribution in [0.15, 0.2) is 18.2 Å². The van der Waals surface area contributed by atoms with E-state index in [1.165, 1.54) is 0 Å². The van der Waals surface area contributed by atoms with Crippen LogP contribution >= 0.6 is 23.4 Å². The summed E-state index contributed by atoms with van der Waals surface area (Å²) in [5.74, 6) is 4.21. The van der Waals surface area contributed by atoms with Crippen LogP contribution in [0.3, 0.4) is 0 Å². The summed E-state index contributed by atoms with van der Waals surface area (Å²) in [6.45, 7) is 3.24. The van der Waals surface area contributed by atoms with E-state index < -0.39 is 0 Å². The number of fused-ring (bicyclic) bond motifs is 1. The first-order chi connectivity index (χ1) is 9.71. The van der Waals surface area contributed by atoms with Gasteiger partial charge in [0.05, 0.1) is 12.6 Å². The Bertz CT molecular complexity index is 570. The summed E-state index contributed by atoms with van der Waals surface area (Å²) in [6.07, 6.45) is 2.93. The minimum atomic E-state index is 0.586. The van der Waals surface area contributed by atoms with Crippen molar-refractivity contribution in [3.05, 3.63) is 24.0 Å². The van der Waals surface area contributed by atoms with Crippen LogP contribution in [0.5, 0.6) is 5.75 Å². The minimum Gasteiger partial charge on any atom is -0.494 e. The normalized spacial score (nSPS) is 12.8. The Kier molecular flexibility index (Phi) is 5.61. The monoisotopic (exact) mass is 312 g/mol. The van der Waals surface area contributed by atoms with E-state index in [1.54, 1.807) is 7.11 Å². The molecule has 0 fully saturated rings. The molecule has 1 aromatic carbocycles. The number of nitrogens with zero attached hydrogens (tertiary/aromatic N) is 2. The second-order valence-corrected chi connectivity index (χ2v) is 6.25. The molecule has 1 atom stereocenters. The van der Waals surface area contributed by atoms with Gasteiger partial charge < -0.3 is 9.30 Å². The predicted octanol–water partition coefficient (Wildman–Crippen LogP) is 3.83. The third-order valence-electron chi connectivity index (χ3n) is 3.30. The highest BCUT2D eigenvalue weighted by Crippen LogP contribution is 2.27. The number of aromatic nitrogens is 2. The van der Waals surface area contributed by atoms with E-state index in [0.29, 0.717) is 11.8 Å². The number of hydrogen-bond donors (Lipinski definition) is 0. The summed E-state index contributed by atoms with van der Waals surface area (Å²) in [5, 5.41) is 0. The van der Waals surface area contributed by atoms with Crippen LogP contribution in [0, 0.1) is 5.92 Å². The fourth-order valence-corrected chi connectivity index (χ4v) is 3.31. The summed E-state index contributed by atoms with van der Waals surface area (Å²) in [7, 11) is 1.69. The molecule has 0 aliphatic carbocycles. The van der Waals surface area contributed by atoms with Gasteiger partial charge in [0.15, 0.2) is 0 Å². The molecule has 0 spiro atoms. The molecule has 0 saturated heterocycles. The summed E-state index contributed by atoms with van der Waals surface area (Å²) in [4.78, 5) is 4.73. The van der Waals surface area contributed by atoms with Gasteiger partial charge in [-0.25, -0.2) is 4.98 Å². The van der Waals surface area contributed by atoms with E-state index in [1.807, 2.05) is 23.9 Å². The SMILES string of the molecule is COc1cccc2c1nc(CCCl)n2CC(C)CSC. The van der Waals surface area contributed by atoms with E-state index in [2.05, 4.69) is 23.8 Å². The Morgan fingerprint density at radius 2 is 2.25 bits per heavy atom. The first kappa shape index (κ1) is 15.5. The molecule has 110 valence electrons. The molecule has 5 heteroatoms. The Balaban J connectivity index is 2.45. The van der Waals surface area contributed by atoms with Gasteiger partial charge in [-0.3, -0.25) is 0 Å². The van der Waals surface area contributed by atoms with Crippen LogP contribution < -0.4 is 4.74 Å². The lowest BCUT2D eigenvalue weighted by atomic mass is 10.2. The van der Waals surface area contributed by atoms with Gasteiger partial charge in [-0.05, 0) is 30.1 Å². The summed E-state index contributed by atoms with van der Waals surface area (Å²) in [5.41, 5.74) is 2.07. The molecular weight excluding hydrogens is 292 g/mol. The van der Waals surface area contributed by atoms with Crippen LogP contribution in [0.2, 0.25) is 0 Å². The third-order valence-corrected chi connectivity index (χ3v) is 4.40. The first-order valence-corrected chi connectivity index (χ1v) is 8.71. The van der Waals surface area contributed by atoms with Gasteiger partial charge in [-0.15, -0.1) is 11.6 Å². The number of rotatable bonds is 7. The molecule has 0 saturated carbocycles. The number of alkyl halides is 1. The minimum absolute atomic E-state index is 0.586. The van der Waals surface area contributed by atoms with Crippen molar-refractivity contribution >= 4 is 34.4 Å². The molecule has 0 radical (unpaired) electrons. The van der Waals surface area contributed by atoms with Crippen LogP contribution in [0.4, 0.5) is 0 Å². The maximum atomic E-state index is 5.92. The zero-order chi connectivity index (χ0) is 14.5. The van der Waals surface area contributed by atoms with Gasteiger partial charge in [-0.2, -0.15) is 11.8 Å². The van der Waals surface area contributed by atoms with Crippen molar-refractivity contribution in [3.8, 4) is 5.75 Å². The Labute approximate surface area is 129 Å². The summed E-state index contributed by atoms with van der Waals surface area (Å²) < 4.78 is 7.71. The standard InChI is InChI=1S/C15H21ClN2OS/c1-11(10-20-3)9-18-12-5-4-6-13(19-2)15(12)17-14(18)7-8-16/h4-6,11H,7-10H2,1-3H3. The van der Waals surface area contributed by atoms with Crippen molar-refractivity contribution in [1.29, 1.82) is 0 Å². The highest BCUT2D eigenvalue weighted by atomic mass is 35.5. The number of ether oxygens (including phenoxy) is 1. The van der Waals surface area contributed by atoms with E-state index in [-0.39, 0.29) is 0 Å². The molecule has 0 N–H and O–H groups in total. The van der Waals surface area contributed by atoms with E-state index in [4.69, 9.17) is 21.3 Å². The molecule has 1 heterocycles. The zero-order valence-corrected chi connectivity index (χ0v) is 13.8. The number of halogens is 1. The average molecular weight is 313 g/mol. The molecule has 3 nitrogen and oxygen atoms in total. The highest BCUT2D eigenvalue weighted by molar-refractivity contribution is 7.98. The van der Waals surface area contributed by atoms with Crippen molar-refractivity contribution in [1.82, 2.24) is 9.55 Å². The molecule has 0 amide bonds. The smallest absolute Gasteiger partial charge is 0.146 e. The summed E-state index contributed by atoms with van der Waals surface area (Å²) >= 11 is 7.80. The number of aryl methyl sites for hydroxylation is 1. The van der Waals surface area contributed by atoms with Crippen molar-refractivity contribution in [2.24, 2.45) is 5.92 Å². The van der Waals surface area contributed by atoms with Gasteiger partial charge in [0.1, 0.15) is 17.1 Å². The number of hydrogen-bond acceptors (Lipinski definition) is 3. The fraction of sp³-hybridized carbons (Fsp3) is 0.533. The molecule has 20 heavy (non-hydrogen) atoms. The molecule has 0 aliphatic heterocycles. The quantitative estimate of drug-likeness (QED) is 0.727. The lowest BCUT2D eigenvalue weighted by Gasteiger charge is -2.14. The molecule has 1 aromatic heterocycles. The topological polar surface area (TPSA) is 27.1 Å². The maximum Gasteiger partial charge on any atom is 0.146 e. The van der Waals surface area contributed by atoms with Crippen molar-refractivity contribution in [3.63, 3.8) is 0 Å². The van der Waals surface area contributed by atoms with Gasteiger partial charge in [0.2, 0.25) is 0 Å². The number of imidazole rings is 1. The lowest BCUT2D eigenvalue weighted by molar-refractivity contribution is 0.419. The van der Waals surface area contributed by atoms with Crippen LogP contribution in [0.1, 0.15) is 12.7 Å². The van der Waals surface area contributed by atoms with E-state index in [9.17, 15) is 0 Å². The van der Waals surface area contributed by atoms with Crippen LogP contribution in [0.25, 0.3) is 11.0 Å². The Morgan fingerprint density at radius 3 is 2.90 bits per heavy atom. The van der Waals surface area contributed by atoms with Gasteiger partial charge in [0, 0.05) is 18.8 Å². The molecule has 0 bridgehead atoms. The number of para-hydroxylation sites is 1. The van der Waals surface area contributed by atoms with E-state index in [0.717, 1.165) is 41.3 Å². The van der Waals surface area contributed by atoms with Crippen molar-refractivity contribution in [2.75, 3.05) is 25.0 Å². The van der Waals surface area contributed by atoms with Gasteiger partial charge in [0.25, 0.3) is 0 Å². The second kappa shape index (κ2) is 7.23. The molecule has 2 rings (SSSR count). The number of benzene rings is 1. The maximum absolute atomic E-state index is 5.92. The van der Waals surface area contributed by atoms with Crippen molar-refractivity contribution in [2.45, 2.75) is 19.9 Å². The second-order valence-electron chi connectivity index (χ2n) is 4.97. The fourth-order valence-electron chi connectivity index (χ4n) is 2.46. The van der Waals surface area contributed by atoms with Gasteiger partial charge >= 0.3 is 0 Å². The van der Waals surface area contributed by atoms with Gasteiger partial charge in [-0.1, -0.05) is 13.0 Å². The Hall–Kier alpha value is -0.870. The number of methoxy groups -OCH3 is 1. The summed E-state index contributed by atoms with van der Waals surface area (Å²) in [6, 6.07) is 6.08. The number of thioether (sulfide) groups is 1. The van der Waals surface area contributed by atoms with Crippen LogP contribution in [-0.2, 0) is 13.0 Å². The Morgan fingerprint density at radius 1 is 1.45 bits per heavy atom.